The number of fused-ring (bicyclic) bond motifs is 1. The fraction of sp³-hybridized carbons (Fsp3) is 0.524. The Hall–Kier alpha value is -7.49. The summed E-state index contributed by atoms with van der Waals surface area (Å²) in [5.74, 6) is 1.49. The quantitative estimate of drug-likeness (QED) is 0.0305. The van der Waals surface area contributed by atoms with Crippen molar-refractivity contribution in [2.24, 2.45) is 10.8 Å². The number of nitrogens with one attached hydrogen (secondary N) is 3. The number of anilines is 1. The third-order valence-corrected chi connectivity index (χ3v) is 16.5. The first-order valence-electron chi connectivity index (χ1n) is 29.8. The molecule has 0 bridgehead atoms. The molecule has 5 heterocycles. The Balaban J connectivity index is 0.759. The first-order valence-corrected chi connectivity index (χ1v) is 30.2. The number of hydrogen-bond donors (Lipinski definition) is 4. The number of allylic oxidation sites excluding steroid dienone is 2. The monoisotopic (exact) mass is 1190 g/mol. The molecule has 5 N–H and O–H groups in total. The average Bonchev–Trinajstić information content (AvgIpc) is 3.93. The first-order chi connectivity index (χ1) is 40.8. The molecule has 3 atom stereocenters. The van der Waals surface area contributed by atoms with Gasteiger partial charge in [0.25, 0.3) is 5.91 Å². The highest BCUT2D eigenvalue weighted by Crippen LogP contribution is 2.32. The molecule has 0 saturated carbocycles. The molecule has 85 heavy (non-hydrogen) atoms. The maximum atomic E-state index is 14.0. The Labute approximate surface area is 505 Å². The van der Waals surface area contributed by atoms with Crippen LogP contribution in [0.3, 0.4) is 0 Å². The number of piperazine rings is 1. The van der Waals surface area contributed by atoms with Crippen LogP contribution in [0, 0.1) is 0 Å². The number of alkyl halides is 1. The van der Waals surface area contributed by atoms with E-state index in [4.69, 9.17) is 31.5 Å². The molecule has 2 aromatic heterocycles. The van der Waals surface area contributed by atoms with Gasteiger partial charge in [-0.3, -0.25) is 34.0 Å². The standard InChI is InChI=1S/C63H86ClN13O8/c1-8-84-54-38-51(83-7)19-16-49(54)41-76(61(82)85-62(3,4)5)42-56(79)75-28-10-13-48(40-75)46-11-9-12-47(37-46)59(80)68-26-20-44(2)39-77(66-6)30-23-55(78)73-35-33-72(34-36-73)29-22-53(45-14-17-50(64)18-15-45)71-60(81)63(65)24-31-74(32-25-63)58-52-21-27-67-57(52)69-43-70-58/h9,11-12,14-17,19,21,27,37-39,43,48,50,53H,6,8,10,13,18,20,22-26,28-36,40-42,65H2,1-5,7H3,(H,68,80)(H,71,81)(H,67,69,70)/b44-39+. The topological polar surface area (TPSA) is 236 Å². The number of H-pyrrole nitrogens is 1. The smallest absolute Gasteiger partial charge is 0.411 e. The number of likely N-dealkylation sites (tertiary alicyclic amines) is 1. The van der Waals surface area contributed by atoms with Gasteiger partial charge in [-0.05, 0) is 121 Å². The fourth-order valence-corrected chi connectivity index (χ4v) is 11.5. The third-order valence-electron chi connectivity index (χ3n) is 16.2. The maximum absolute atomic E-state index is 14.0. The molecular weight excluding hydrogens is 1100 g/mol. The minimum atomic E-state index is -1.03. The lowest BCUT2D eigenvalue weighted by Crippen LogP contribution is -2.61. The summed E-state index contributed by atoms with van der Waals surface area (Å²) in [6.07, 6.45) is 15.5. The van der Waals surface area contributed by atoms with Gasteiger partial charge >= 0.3 is 6.09 Å². The lowest BCUT2D eigenvalue weighted by atomic mass is 9.86. The highest BCUT2D eigenvalue weighted by atomic mass is 35.5. The number of nitrogens with zero attached hydrogens (tertiary/aromatic N) is 9. The van der Waals surface area contributed by atoms with E-state index in [1.54, 1.807) is 62.3 Å². The van der Waals surface area contributed by atoms with Crippen molar-refractivity contribution in [3.05, 3.63) is 113 Å². The molecule has 0 spiro atoms. The third kappa shape index (κ3) is 17.6. The molecule has 3 fully saturated rings. The molecule has 4 aromatic rings. The summed E-state index contributed by atoms with van der Waals surface area (Å²) in [6, 6.07) is 14.7. The van der Waals surface area contributed by atoms with E-state index in [0.717, 1.165) is 58.5 Å². The molecule has 21 nitrogen and oxygen atoms in total. The number of nitrogens with two attached hydrogens (primary N) is 1. The summed E-state index contributed by atoms with van der Waals surface area (Å²) >= 11 is 6.42. The second kappa shape index (κ2) is 29.5. The van der Waals surface area contributed by atoms with Gasteiger partial charge in [0.15, 0.2) is 0 Å². The van der Waals surface area contributed by atoms with Crippen molar-refractivity contribution in [1.82, 2.24) is 50.2 Å². The van der Waals surface area contributed by atoms with E-state index in [0.29, 0.717) is 121 Å². The van der Waals surface area contributed by atoms with Crippen LogP contribution in [0.25, 0.3) is 11.0 Å². The zero-order valence-electron chi connectivity index (χ0n) is 50.3. The Morgan fingerprint density at radius 2 is 1.79 bits per heavy atom. The van der Waals surface area contributed by atoms with Crippen LogP contribution in [-0.4, -0.2) is 191 Å². The van der Waals surface area contributed by atoms with E-state index >= 15 is 0 Å². The number of hydrazone groups is 1. The zero-order chi connectivity index (χ0) is 60.7. The first kappa shape index (κ1) is 63.5. The minimum Gasteiger partial charge on any atom is -0.497 e. The Morgan fingerprint density at radius 1 is 1.00 bits per heavy atom. The van der Waals surface area contributed by atoms with Crippen molar-refractivity contribution >= 4 is 64.9 Å². The number of amides is 5. The molecule has 5 amide bonds. The number of methoxy groups -OCH3 is 1. The number of aromatic nitrogens is 3. The van der Waals surface area contributed by atoms with E-state index in [1.165, 1.54) is 4.90 Å². The van der Waals surface area contributed by atoms with Crippen LogP contribution in [0.4, 0.5) is 10.6 Å². The van der Waals surface area contributed by atoms with Gasteiger partial charge in [-0.1, -0.05) is 35.9 Å². The summed E-state index contributed by atoms with van der Waals surface area (Å²) in [4.78, 5) is 90.3. The van der Waals surface area contributed by atoms with Gasteiger partial charge in [-0.15, -0.1) is 11.6 Å². The number of benzene rings is 2. The highest BCUT2D eigenvalue weighted by Gasteiger charge is 2.40. The van der Waals surface area contributed by atoms with Crippen LogP contribution in [0.1, 0.15) is 113 Å². The van der Waals surface area contributed by atoms with Crippen LogP contribution in [0.2, 0.25) is 0 Å². The number of carbonyl (C=O) groups excluding carboxylic acids is 5. The molecule has 2 aromatic carbocycles. The van der Waals surface area contributed by atoms with Crippen molar-refractivity contribution < 1.29 is 38.2 Å². The van der Waals surface area contributed by atoms with Gasteiger partial charge in [0, 0.05) is 121 Å². The Bertz CT molecular complexity index is 3070. The summed E-state index contributed by atoms with van der Waals surface area (Å²) in [5.41, 5.74) is 10.0. The summed E-state index contributed by atoms with van der Waals surface area (Å²) < 4.78 is 17.0. The molecular formula is C63H86ClN13O8. The van der Waals surface area contributed by atoms with Crippen molar-refractivity contribution in [3.8, 4) is 11.5 Å². The number of piperidine rings is 2. The summed E-state index contributed by atoms with van der Waals surface area (Å²) in [7, 11) is 1.58. The normalized spacial score (nSPS) is 18.7. The van der Waals surface area contributed by atoms with E-state index < -0.39 is 17.2 Å². The molecule has 3 unspecified atom stereocenters. The van der Waals surface area contributed by atoms with Crippen LogP contribution in [0.5, 0.6) is 11.5 Å². The number of rotatable bonds is 24. The molecule has 3 saturated heterocycles. The molecule has 8 rings (SSSR count). The fourth-order valence-electron chi connectivity index (χ4n) is 11.3. The molecule has 3 aliphatic heterocycles. The van der Waals surface area contributed by atoms with Crippen molar-refractivity contribution in [1.29, 1.82) is 0 Å². The summed E-state index contributed by atoms with van der Waals surface area (Å²) in [6.45, 7) is 19.5. The summed E-state index contributed by atoms with van der Waals surface area (Å²) in [5, 5.41) is 13.1. The minimum absolute atomic E-state index is 0.00516. The van der Waals surface area contributed by atoms with Gasteiger partial charge in [0.05, 0.1) is 42.6 Å². The van der Waals surface area contributed by atoms with Gasteiger partial charge < -0.3 is 50.3 Å². The van der Waals surface area contributed by atoms with E-state index in [9.17, 15) is 24.0 Å². The van der Waals surface area contributed by atoms with E-state index in [-0.39, 0.29) is 60.5 Å². The molecule has 1 aliphatic carbocycles. The molecule has 22 heteroatoms. The highest BCUT2D eigenvalue weighted by molar-refractivity contribution is 6.22. The number of carbonyl (C=O) groups is 5. The van der Waals surface area contributed by atoms with Gasteiger partial charge in [0.1, 0.15) is 41.4 Å². The van der Waals surface area contributed by atoms with E-state index in [1.807, 2.05) is 73.6 Å². The van der Waals surface area contributed by atoms with Crippen molar-refractivity contribution in [2.45, 2.75) is 121 Å². The average molecular weight is 1190 g/mol. The van der Waals surface area contributed by atoms with Gasteiger partial charge in [-0.25, -0.2) is 14.8 Å². The number of halogens is 1. The lowest BCUT2D eigenvalue weighted by molar-refractivity contribution is -0.134. The van der Waals surface area contributed by atoms with Crippen molar-refractivity contribution in [2.75, 3.05) is 97.2 Å². The lowest BCUT2D eigenvalue weighted by Gasteiger charge is -2.40. The number of aromatic amines is 1. The largest absolute Gasteiger partial charge is 0.497 e. The van der Waals surface area contributed by atoms with Crippen LogP contribution >= 0.6 is 11.6 Å². The molecule has 458 valence electrons. The number of ether oxygens (including phenoxy) is 3. The number of hydrogen-bond acceptors (Lipinski definition) is 15. The Morgan fingerprint density at radius 3 is 2.51 bits per heavy atom. The SMILES string of the molecule is C=NN(/C=C(\C)CCNC(=O)c1cccc(C2CCCN(C(=O)CN(Cc3ccc(OC)cc3OCC)C(=O)OC(C)(C)C)C2)c1)CCC(=O)N1CCN(CCC(NC(=O)C2(N)CCN(c3ncnc4[nH]ccc34)CC2)C2=CCC(Cl)C=C2)CC1. The van der Waals surface area contributed by atoms with Crippen LogP contribution < -0.4 is 30.7 Å². The van der Waals surface area contributed by atoms with E-state index in [2.05, 4.69) is 53.3 Å². The van der Waals surface area contributed by atoms with Gasteiger partial charge in [-0.2, -0.15) is 5.10 Å². The predicted octanol–water partition coefficient (Wildman–Crippen LogP) is 7.35. The Kier molecular flexibility index (Phi) is 22.1. The second-order valence-electron chi connectivity index (χ2n) is 23.5. The molecule has 4 aliphatic rings. The van der Waals surface area contributed by atoms with Crippen molar-refractivity contribution in [3.63, 3.8) is 0 Å². The molecule has 0 radical (unpaired) electrons. The second-order valence-corrected chi connectivity index (χ2v) is 24.1. The zero-order valence-corrected chi connectivity index (χ0v) is 51.1. The van der Waals surface area contributed by atoms with Crippen LogP contribution in [0.15, 0.2) is 102 Å². The maximum Gasteiger partial charge on any atom is 0.411 e. The predicted molar refractivity (Wildman–Crippen MR) is 331 cm³/mol. The van der Waals surface area contributed by atoms with Crippen LogP contribution in [-0.2, 0) is 25.7 Å². The van der Waals surface area contributed by atoms with Gasteiger partial charge in [0.2, 0.25) is 17.7 Å².